The van der Waals surface area contributed by atoms with E-state index in [-0.39, 0.29) is 5.82 Å². The summed E-state index contributed by atoms with van der Waals surface area (Å²) in [5.74, 6) is 0.236. The van der Waals surface area contributed by atoms with Crippen LogP contribution in [0.15, 0.2) is 30.5 Å². The summed E-state index contributed by atoms with van der Waals surface area (Å²) in [6.45, 7) is 10.2. The van der Waals surface area contributed by atoms with Gasteiger partial charge in [0.25, 0.3) is 0 Å². The van der Waals surface area contributed by atoms with Gasteiger partial charge in [-0.2, -0.15) is 5.10 Å². The molecule has 0 spiro atoms. The Labute approximate surface area is 137 Å². The molecule has 124 valence electrons. The SMILES string of the molecule is CC(C)(C)CN1CCC[C@@H](c2[nH]ncc2-c2cccc(F)c2)C1. The Kier molecular flexibility index (Phi) is 4.53. The second kappa shape index (κ2) is 6.44. The molecule has 1 saturated heterocycles. The molecular formula is C19H26FN3. The Balaban J connectivity index is 1.81. The molecule has 1 N–H and O–H groups in total. The molecule has 1 aromatic carbocycles. The quantitative estimate of drug-likeness (QED) is 0.908. The molecule has 4 heteroatoms. The van der Waals surface area contributed by atoms with E-state index >= 15 is 0 Å². The number of hydrogen-bond donors (Lipinski definition) is 1. The van der Waals surface area contributed by atoms with Crippen LogP contribution >= 0.6 is 0 Å². The smallest absolute Gasteiger partial charge is 0.123 e. The minimum absolute atomic E-state index is 0.201. The molecule has 0 radical (unpaired) electrons. The van der Waals surface area contributed by atoms with Crippen molar-refractivity contribution >= 4 is 0 Å². The van der Waals surface area contributed by atoms with Crippen molar-refractivity contribution in [2.24, 2.45) is 5.41 Å². The molecule has 0 aliphatic carbocycles. The number of nitrogens with one attached hydrogen (secondary N) is 1. The fraction of sp³-hybridized carbons (Fsp3) is 0.526. The van der Waals surface area contributed by atoms with Gasteiger partial charge >= 0.3 is 0 Å². The molecule has 1 atom stereocenters. The van der Waals surface area contributed by atoms with Crippen LogP contribution < -0.4 is 0 Å². The van der Waals surface area contributed by atoms with E-state index in [0.717, 1.165) is 42.9 Å². The average Bonchev–Trinajstić information content (AvgIpc) is 2.95. The highest BCUT2D eigenvalue weighted by atomic mass is 19.1. The number of likely N-dealkylation sites (tertiary alicyclic amines) is 1. The maximum absolute atomic E-state index is 13.5. The molecular weight excluding hydrogens is 289 g/mol. The first-order chi connectivity index (χ1) is 10.9. The summed E-state index contributed by atoms with van der Waals surface area (Å²) in [5, 5.41) is 7.41. The van der Waals surface area contributed by atoms with Gasteiger partial charge in [-0.3, -0.25) is 5.10 Å². The van der Waals surface area contributed by atoms with Crippen LogP contribution in [0.3, 0.4) is 0 Å². The van der Waals surface area contributed by atoms with Gasteiger partial charge in [-0.1, -0.05) is 32.9 Å². The molecule has 3 rings (SSSR count). The maximum atomic E-state index is 13.5. The third-order valence-electron chi connectivity index (χ3n) is 4.42. The molecule has 3 nitrogen and oxygen atoms in total. The van der Waals surface area contributed by atoms with Gasteiger partial charge in [0.2, 0.25) is 0 Å². The number of aromatic nitrogens is 2. The molecule has 2 heterocycles. The Hall–Kier alpha value is -1.68. The van der Waals surface area contributed by atoms with Crippen molar-refractivity contribution in [1.82, 2.24) is 15.1 Å². The van der Waals surface area contributed by atoms with Crippen LogP contribution in [0.4, 0.5) is 4.39 Å². The number of halogens is 1. The van der Waals surface area contributed by atoms with E-state index < -0.39 is 0 Å². The van der Waals surface area contributed by atoms with Crippen LogP contribution in [0.5, 0.6) is 0 Å². The normalized spacial score (nSPS) is 19.9. The molecule has 0 saturated carbocycles. The second-order valence-corrected chi connectivity index (χ2v) is 7.84. The van der Waals surface area contributed by atoms with Crippen molar-refractivity contribution < 1.29 is 4.39 Å². The molecule has 1 aromatic heterocycles. The molecule has 2 aromatic rings. The minimum Gasteiger partial charge on any atom is -0.302 e. The van der Waals surface area contributed by atoms with Crippen molar-refractivity contribution in [3.63, 3.8) is 0 Å². The zero-order chi connectivity index (χ0) is 16.4. The molecule has 1 aliphatic heterocycles. The monoisotopic (exact) mass is 315 g/mol. The number of benzene rings is 1. The highest BCUT2D eigenvalue weighted by molar-refractivity contribution is 5.65. The first-order valence-corrected chi connectivity index (χ1v) is 8.44. The number of hydrogen-bond acceptors (Lipinski definition) is 2. The lowest BCUT2D eigenvalue weighted by Gasteiger charge is -2.36. The Morgan fingerprint density at radius 1 is 1.35 bits per heavy atom. The Morgan fingerprint density at radius 2 is 2.17 bits per heavy atom. The van der Waals surface area contributed by atoms with E-state index in [2.05, 4.69) is 35.9 Å². The molecule has 1 fully saturated rings. The zero-order valence-corrected chi connectivity index (χ0v) is 14.3. The van der Waals surface area contributed by atoms with Crippen LogP contribution in [0.2, 0.25) is 0 Å². The maximum Gasteiger partial charge on any atom is 0.123 e. The fourth-order valence-corrected chi connectivity index (χ4v) is 3.60. The van der Waals surface area contributed by atoms with Crippen LogP contribution in [-0.4, -0.2) is 34.7 Å². The lowest BCUT2D eigenvalue weighted by atomic mass is 9.88. The van der Waals surface area contributed by atoms with Crippen LogP contribution in [0.25, 0.3) is 11.1 Å². The third kappa shape index (κ3) is 3.99. The van der Waals surface area contributed by atoms with Crippen molar-refractivity contribution in [1.29, 1.82) is 0 Å². The number of rotatable bonds is 3. The van der Waals surface area contributed by atoms with Crippen LogP contribution in [0, 0.1) is 11.2 Å². The first-order valence-electron chi connectivity index (χ1n) is 8.44. The van der Waals surface area contributed by atoms with E-state index in [4.69, 9.17) is 0 Å². The molecule has 1 aliphatic rings. The number of nitrogens with zero attached hydrogens (tertiary/aromatic N) is 2. The van der Waals surface area contributed by atoms with Crippen molar-refractivity contribution in [2.45, 2.75) is 39.5 Å². The predicted molar refractivity (Wildman–Crippen MR) is 91.9 cm³/mol. The summed E-state index contributed by atoms with van der Waals surface area (Å²) >= 11 is 0. The highest BCUT2D eigenvalue weighted by Gasteiger charge is 2.27. The molecule has 0 bridgehead atoms. The predicted octanol–water partition coefficient (Wildman–Crippen LogP) is 4.44. The first kappa shape index (κ1) is 16.2. The van der Waals surface area contributed by atoms with E-state index in [1.165, 1.54) is 12.5 Å². The lowest BCUT2D eigenvalue weighted by Crippen LogP contribution is -2.39. The average molecular weight is 315 g/mol. The van der Waals surface area contributed by atoms with Gasteiger partial charge in [-0.05, 0) is 42.5 Å². The van der Waals surface area contributed by atoms with E-state index in [0.29, 0.717) is 11.3 Å². The van der Waals surface area contributed by atoms with Crippen LogP contribution in [-0.2, 0) is 0 Å². The number of H-pyrrole nitrogens is 1. The summed E-state index contributed by atoms with van der Waals surface area (Å²) in [5.41, 5.74) is 3.39. The van der Waals surface area contributed by atoms with Gasteiger partial charge < -0.3 is 4.90 Å². The number of piperidine rings is 1. The summed E-state index contributed by atoms with van der Waals surface area (Å²) in [4.78, 5) is 2.55. The number of aromatic amines is 1. The summed E-state index contributed by atoms with van der Waals surface area (Å²) < 4.78 is 13.5. The lowest BCUT2D eigenvalue weighted by molar-refractivity contribution is 0.150. The van der Waals surface area contributed by atoms with Crippen molar-refractivity contribution in [2.75, 3.05) is 19.6 Å². The second-order valence-electron chi connectivity index (χ2n) is 7.84. The topological polar surface area (TPSA) is 31.9 Å². The van der Waals surface area contributed by atoms with Crippen LogP contribution in [0.1, 0.15) is 45.2 Å². The van der Waals surface area contributed by atoms with Gasteiger partial charge in [0.15, 0.2) is 0 Å². The molecule has 23 heavy (non-hydrogen) atoms. The van der Waals surface area contributed by atoms with Gasteiger partial charge in [0, 0.05) is 30.3 Å². The van der Waals surface area contributed by atoms with E-state index in [9.17, 15) is 4.39 Å². The van der Waals surface area contributed by atoms with Crippen molar-refractivity contribution in [3.05, 3.63) is 42.0 Å². The Bertz CT molecular complexity index is 657. The van der Waals surface area contributed by atoms with Gasteiger partial charge in [-0.15, -0.1) is 0 Å². The van der Waals surface area contributed by atoms with Gasteiger partial charge in [-0.25, -0.2) is 4.39 Å². The fourth-order valence-electron chi connectivity index (χ4n) is 3.60. The molecule has 0 unspecified atom stereocenters. The van der Waals surface area contributed by atoms with Gasteiger partial charge in [0.1, 0.15) is 5.82 Å². The summed E-state index contributed by atoms with van der Waals surface area (Å²) in [7, 11) is 0. The third-order valence-corrected chi connectivity index (χ3v) is 4.42. The summed E-state index contributed by atoms with van der Waals surface area (Å²) in [6.07, 6.45) is 4.18. The minimum atomic E-state index is -0.201. The molecule has 0 amide bonds. The van der Waals surface area contributed by atoms with E-state index in [1.54, 1.807) is 12.1 Å². The Morgan fingerprint density at radius 3 is 2.91 bits per heavy atom. The largest absolute Gasteiger partial charge is 0.302 e. The van der Waals surface area contributed by atoms with E-state index in [1.807, 2.05) is 12.3 Å². The van der Waals surface area contributed by atoms with Crippen molar-refractivity contribution in [3.8, 4) is 11.1 Å². The summed E-state index contributed by atoms with van der Waals surface area (Å²) in [6, 6.07) is 6.78. The highest BCUT2D eigenvalue weighted by Crippen LogP contribution is 2.34. The van der Waals surface area contributed by atoms with Gasteiger partial charge in [0.05, 0.1) is 6.20 Å². The standard InChI is InChI=1S/C19H26FN3/c1-19(2,3)13-23-9-5-7-15(12-23)18-17(11-21-22-18)14-6-4-8-16(20)10-14/h4,6,8,10-11,15H,5,7,9,12-13H2,1-3H3,(H,21,22)/t15-/m1/s1. The zero-order valence-electron chi connectivity index (χ0n) is 14.3.